The Bertz CT molecular complexity index is 501. The number of nitrogens with one attached hydrogen (secondary N) is 1. The molecule has 1 aromatic carbocycles. The number of carbonyl (C=O) groups is 3. The quantitative estimate of drug-likeness (QED) is 0.749. The van der Waals surface area contributed by atoms with Gasteiger partial charge in [0.15, 0.2) is 0 Å². The van der Waals surface area contributed by atoms with Gasteiger partial charge in [-0.2, -0.15) is 0 Å². The van der Waals surface area contributed by atoms with E-state index in [0.29, 0.717) is 5.69 Å². The number of imide groups is 1. The Morgan fingerprint density at radius 2 is 2.00 bits per heavy atom. The summed E-state index contributed by atoms with van der Waals surface area (Å²) in [6, 6.07) is 8.05. The molecule has 1 aliphatic heterocycles. The van der Waals surface area contributed by atoms with E-state index in [0.717, 1.165) is 4.90 Å². The summed E-state index contributed by atoms with van der Waals surface area (Å²) in [6.07, 6.45) is -0.0172. The van der Waals surface area contributed by atoms with Crippen LogP contribution in [-0.2, 0) is 14.4 Å². The second-order valence-corrected chi connectivity index (χ2v) is 4.26. The fourth-order valence-electron chi connectivity index (χ4n) is 1.99. The Hall–Kier alpha value is -2.21. The molecular formula is C13H14N2O4. The fourth-order valence-corrected chi connectivity index (χ4v) is 1.99. The lowest BCUT2D eigenvalue weighted by Crippen LogP contribution is -2.39. The summed E-state index contributed by atoms with van der Waals surface area (Å²) in [4.78, 5) is 35.5. The van der Waals surface area contributed by atoms with Crippen molar-refractivity contribution < 1.29 is 19.5 Å². The second kappa shape index (κ2) is 5.62. The summed E-state index contributed by atoms with van der Waals surface area (Å²) in [6.45, 7) is 0.168. The molecule has 0 aliphatic carbocycles. The number of hydrogen-bond donors (Lipinski definition) is 2. The monoisotopic (exact) mass is 262 g/mol. The number of benzene rings is 1. The van der Waals surface area contributed by atoms with Crippen LogP contribution in [0, 0.1) is 0 Å². The van der Waals surface area contributed by atoms with Gasteiger partial charge in [-0.1, -0.05) is 18.2 Å². The van der Waals surface area contributed by atoms with Crippen molar-refractivity contribution in [3.8, 4) is 0 Å². The molecule has 6 nitrogen and oxygen atoms in total. The maximum atomic E-state index is 12.1. The fraction of sp³-hybridized carbons (Fsp3) is 0.308. The van der Waals surface area contributed by atoms with Gasteiger partial charge in [0.2, 0.25) is 5.91 Å². The average molecular weight is 262 g/mol. The molecule has 0 bridgehead atoms. The number of anilines is 1. The highest BCUT2D eigenvalue weighted by molar-refractivity contribution is 6.22. The molecule has 0 unspecified atom stereocenters. The Labute approximate surface area is 110 Å². The lowest BCUT2D eigenvalue weighted by atomic mass is 10.2. The predicted octanol–water partition coefficient (Wildman–Crippen LogP) is 0.383. The molecule has 1 heterocycles. The topological polar surface area (TPSA) is 86.7 Å². The van der Waals surface area contributed by atoms with Crippen molar-refractivity contribution in [1.29, 1.82) is 0 Å². The minimum absolute atomic E-state index is 0.0628. The second-order valence-electron chi connectivity index (χ2n) is 4.26. The first-order valence-electron chi connectivity index (χ1n) is 5.96. The largest absolute Gasteiger partial charge is 0.481 e. The molecule has 6 heteroatoms. The summed E-state index contributed by atoms with van der Waals surface area (Å²) >= 11 is 0. The van der Waals surface area contributed by atoms with Gasteiger partial charge in [0.1, 0.15) is 0 Å². The maximum absolute atomic E-state index is 12.1. The summed E-state index contributed by atoms with van der Waals surface area (Å²) < 4.78 is 0. The molecule has 19 heavy (non-hydrogen) atoms. The Balaban J connectivity index is 2.03. The summed E-state index contributed by atoms with van der Waals surface area (Å²) in [5.41, 5.74) is 0.542. The van der Waals surface area contributed by atoms with Crippen LogP contribution in [0.15, 0.2) is 30.3 Å². The van der Waals surface area contributed by atoms with Crippen LogP contribution in [0.4, 0.5) is 5.69 Å². The lowest BCUT2D eigenvalue weighted by Gasteiger charge is -2.15. The summed E-state index contributed by atoms with van der Waals surface area (Å²) in [5, 5.41) is 11.3. The molecule has 1 saturated heterocycles. The van der Waals surface area contributed by atoms with Gasteiger partial charge in [-0.3, -0.25) is 14.4 Å². The number of amides is 2. The van der Waals surface area contributed by atoms with Crippen molar-refractivity contribution in [2.24, 2.45) is 0 Å². The third kappa shape index (κ3) is 2.97. The minimum Gasteiger partial charge on any atom is -0.481 e. The number of hydrogen-bond acceptors (Lipinski definition) is 4. The lowest BCUT2D eigenvalue weighted by molar-refractivity contribution is -0.137. The molecule has 1 fully saturated rings. The first-order chi connectivity index (χ1) is 9.09. The average Bonchev–Trinajstić information content (AvgIpc) is 2.65. The van der Waals surface area contributed by atoms with E-state index in [4.69, 9.17) is 5.11 Å². The van der Waals surface area contributed by atoms with Gasteiger partial charge in [-0.15, -0.1) is 0 Å². The van der Waals surface area contributed by atoms with Gasteiger partial charge in [0, 0.05) is 6.54 Å². The van der Waals surface area contributed by atoms with Crippen LogP contribution in [-0.4, -0.2) is 35.5 Å². The van der Waals surface area contributed by atoms with Crippen LogP contribution in [0.2, 0.25) is 0 Å². The highest BCUT2D eigenvalue weighted by atomic mass is 16.4. The van der Waals surface area contributed by atoms with Gasteiger partial charge >= 0.3 is 5.97 Å². The number of carboxylic acid groups (broad SMARTS) is 1. The Kier molecular flexibility index (Phi) is 3.91. The van der Waals surface area contributed by atoms with E-state index in [2.05, 4.69) is 5.32 Å². The predicted molar refractivity (Wildman–Crippen MR) is 67.6 cm³/mol. The van der Waals surface area contributed by atoms with E-state index in [1.807, 2.05) is 0 Å². The van der Waals surface area contributed by atoms with Crippen molar-refractivity contribution in [1.82, 2.24) is 5.32 Å². The molecule has 0 spiro atoms. The Morgan fingerprint density at radius 1 is 1.32 bits per heavy atom. The van der Waals surface area contributed by atoms with Crippen LogP contribution in [0.25, 0.3) is 0 Å². The molecular weight excluding hydrogens is 248 g/mol. The van der Waals surface area contributed by atoms with E-state index >= 15 is 0 Å². The van der Waals surface area contributed by atoms with Crippen molar-refractivity contribution in [3.63, 3.8) is 0 Å². The van der Waals surface area contributed by atoms with Crippen LogP contribution >= 0.6 is 0 Å². The van der Waals surface area contributed by atoms with Crippen molar-refractivity contribution >= 4 is 23.5 Å². The van der Waals surface area contributed by atoms with Gasteiger partial charge in [-0.05, 0) is 12.1 Å². The van der Waals surface area contributed by atoms with Gasteiger partial charge in [0.05, 0.1) is 24.6 Å². The minimum atomic E-state index is -0.941. The number of rotatable bonds is 5. The summed E-state index contributed by atoms with van der Waals surface area (Å²) in [7, 11) is 0. The molecule has 1 atom stereocenters. The highest BCUT2D eigenvalue weighted by Crippen LogP contribution is 2.22. The first kappa shape index (κ1) is 13.2. The van der Waals surface area contributed by atoms with Crippen LogP contribution in [0.5, 0.6) is 0 Å². The van der Waals surface area contributed by atoms with E-state index in [1.54, 1.807) is 30.3 Å². The normalized spacial score (nSPS) is 18.9. The molecule has 0 saturated carbocycles. The van der Waals surface area contributed by atoms with E-state index in [-0.39, 0.29) is 31.2 Å². The first-order valence-corrected chi connectivity index (χ1v) is 5.96. The third-order valence-corrected chi connectivity index (χ3v) is 2.89. The van der Waals surface area contributed by atoms with Crippen LogP contribution in [0.3, 0.4) is 0 Å². The molecule has 2 N–H and O–H groups in total. The standard InChI is InChI=1S/C13H14N2O4/c16-11-8-10(14-7-6-12(17)18)13(19)15(11)9-4-2-1-3-5-9/h1-5,10,14H,6-8H2,(H,17,18)/t10-/m0/s1. The Morgan fingerprint density at radius 3 is 2.63 bits per heavy atom. The number of carbonyl (C=O) groups excluding carboxylic acids is 2. The SMILES string of the molecule is O=C(O)CCN[C@H]1CC(=O)N(c2ccccc2)C1=O. The van der Waals surface area contributed by atoms with Gasteiger partial charge in [0.25, 0.3) is 5.91 Å². The molecule has 0 aromatic heterocycles. The third-order valence-electron chi connectivity index (χ3n) is 2.89. The zero-order chi connectivity index (χ0) is 13.8. The number of para-hydroxylation sites is 1. The molecule has 1 aromatic rings. The molecule has 100 valence electrons. The van der Waals surface area contributed by atoms with Crippen LogP contribution in [0.1, 0.15) is 12.8 Å². The summed E-state index contributed by atoms with van der Waals surface area (Å²) in [5.74, 6) is -1.55. The smallest absolute Gasteiger partial charge is 0.304 e. The van der Waals surface area contributed by atoms with E-state index in [1.165, 1.54) is 0 Å². The van der Waals surface area contributed by atoms with E-state index < -0.39 is 12.0 Å². The highest BCUT2D eigenvalue weighted by Gasteiger charge is 2.39. The van der Waals surface area contributed by atoms with Gasteiger partial charge in [-0.25, -0.2) is 4.90 Å². The van der Waals surface area contributed by atoms with Crippen LogP contribution < -0.4 is 10.2 Å². The molecule has 2 amide bonds. The molecule has 1 aliphatic rings. The maximum Gasteiger partial charge on any atom is 0.304 e. The molecule has 2 rings (SSSR count). The zero-order valence-electron chi connectivity index (χ0n) is 10.2. The van der Waals surface area contributed by atoms with Crippen molar-refractivity contribution in [3.05, 3.63) is 30.3 Å². The van der Waals surface area contributed by atoms with Gasteiger partial charge < -0.3 is 10.4 Å². The zero-order valence-corrected chi connectivity index (χ0v) is 10.2. The number of carboxylic acids is 1. The van der Waals surface area contributed by atoms with E-state index in [9.17, 15) is 14.4 Å². The number of aliphatic carboxylic acids is 1. The van der Waals surface area contributed by atoms with Crippen molar-refractivity contribution in [2.75, 3.05) is 11.4 Å². The molecule has 0 radical (unpaired) electrons. The number of nitrogens with zero attached hydrogens (tertiary/aromatic N) is 1. The van der Waals surface area contributed by atoms with Crippen molar-refractivity contribution in [2.45, 2.75) is 18.9 Å².